The summed E-state index contributed by atoms with van der Waals surface area (Å²) in [7, 11) is 0. The smallest absolute Gasteiger partial charge is 0.151 e. The van der Waals surface area contributed by atoms with Crippen molar-refractivity contribution in [2.75, 3.05) is 5.73 Å². The van der Waals surface area contributed by atoms with Gasteiger partial charge in [0.05, 0.1) is 12.1 Å². The summed E-state index contributed by atoms with van der Waals surface area (Å²) < 4.78 is 0. The van der Waals surface area contributed by atoms with Crippen LogP contribution in [0, 0.1) is 5.92 Å². The number of hydrogen-bond donors (Lipinski definition) is 3. The summed E-state index contributed by atoms with van der Waals surface area (Å²) in [6, 6.07) is 15.1. The predicted molar refractivity (Wildman–Crippen MR) is 125 cm³/mol. The van der Waals surface area contributed by atoms with Gasteiger partial charge >= 0.3 is 0 Å². The van der Waals surface area contributed by atoms with Crippen LogP contribution < -0.4 is 5.73 Å². The molecule has 5 aromatic rings. The number of nitrogen functional groups attached to an aromatic ring is 1. The molecule has 2 aromatic heterocycles. The molecule has 4 N–H and O–H groups in total. The predicted octanol–water partition coefficient (Wildman–Crippen LogP) is 4.86. The number of hydrogen-bond acceptors (Lipinski definition) is 4. The lowest BCUT2D eigenvalue weighted by atomic mass is 9.72. The van der Waals surface area contributed by atoms with E-state index in [0.29, 0.717) is 17.7 Å². The fraction of sp³-hybridized carbons (Fsp3) is 0.231. The van der Waals surface area contributed by atoms with Gasteiger partial charge in [-0.1, -0.05) is 43.3 Å². The summed E-state index contributed by atoms with van der Waals surface area (Å²) in [6.45, 7) is 2.36. The van der Waals surface area contributed by atoms with Crippen LogP contribution in [-0.4, -0.2) is 20.1 Å². The molecule has 3 aromatic carbocycles. The van der Waals surface area contributed by atoms with Gasteiger partial charge in [0.25, 0.3) is 0 Å². The van der Waals surface area contributed by atoms with Gasteiger partial charge < -0.3 is 15.8 Å². The van der Waals surface area contributed by atoms with Crippen molar-refractivity contribution in [3.63, 3.8) is 0 Å². The highest BCUT2D eigenvalue weighted by molar-refractivity contribution is 6.10. The lowest BCUT2D eigenvalue weighted by Gasteiger charge is -2.32. The van der Waals surface area contributed by atoms with Crippen molar-refractivity contribution < 1.29 is 5.11 Å². The third-order valence-corrected chi connectivity index (χ3v) is 7.06. The first-order valence-electron chi connectivity index (χ1n) is 10.8. The Morgan fingerprint density at radius 1 is 1.10 bits per heavy atom. The zero-order chi connectivity index (χ0) is 21.1. The van der Waals surface area contributed by atoms with E-state index in [1.165, 1.54) is 38.2 Å². The van der Waals surface area contributed by atoms with E-state index in [4.69, 9.17) is 5.73 Å². The Morgan fingerprint density at radius 3 is 2.84 bits per heavy atom. The van der Waals surface area contributed by atoms with Crippen molar-refractivity contribution in [3.05, 3.63) is 77.2 Å². The number of benzene rings is 3. The molecular formula is C26H24N4O. The average molecular weight is 409 g/mol. The number of anilines is 1. The number of rotatable bonds is 2. The van der Waals surface area contributed by atoms with Crippen molar-refractivity contribution >= 4 is 38.4 Å². The Labute approximate surface area is 179 Å². The molecule has 0 aliphatic heterocycles. The van der Waals surface area contributed by atoms with Gasteiger partial charge in [0.1, 0.15) is 11.8 Å². The Balaban J connectivity index is 1.53. The second-order valence-corrected chi connectivity index (χ2v) is 8.76. The number of aromatic nitrogens is 3. The minimum Gasteiger partial charge on any atom is -0.392 e. The highest BCUT2D eigenvalue weighted by atomic mass is 16.3. The average Bonchev–Trinajstić information content (AvgIpc) is 3.23. The van der Waals surface area contributed by atoms with Crippen LogP contribution in [0.1, 0.15) is 35.1 Å². The maximum Gasteiger partial charge on any atom is 0.151 e. The van der Waals surface area contributed by atoms with Crippen LogP contribution >= 0.6 is 0 Å². The molecule has 31 heavy (non-hydrogen) atoms. The number of fused-ring (bicyclic) bond motifs is 6. The van der Waals surface area contributed by atoms with Crippen LogP contribution in [0.3, 0.4) is 0 Å². The molecule has 0 radical (unpaired) electrons. The number of nitrogens with zero attached hydrogens (tertiary/aromatic N) is 2. The molecule has 5 nitrogen and oxygen atoms in total. The van der Waals surface area contributed by atoms with E-state index in [1.54, 1.807) is 6.33 Å². The van der Waals surface area contributed by atoms with E-state index in [2.05, 4.69) is 70.5 Å². The van der Waals surface area contributed by atoms with E-state index >= 15 is 0 Å². The van der Waals surface area contributed by atoms with E-state index in [9.17, 15) is 5.11 Å². The first-order valence-corrected chi connectivity index (χ1v) is 10.8. The molecule has 6 rings (SSSR count). The molecule has 2 atom stereocenters. The fourth-order valence-corrected chi connectivity index (χ4v) is 5.54. The maximum absolute atomic E-state index is 10.2. The lowest BCUT2D eigenvalue weighted by Crippen LogP contribution is -2.22. The van der Waals surface area contributed by atoms with Crippen LogP contribution in [0.15, 0.2) is 55.0 Å². The first kappa shape index (κ1) is 18.3. The molecule has 154 valence electrons. The fourth-order valence-electron chi connectivity index (χ4n) is 5.54. The van der Waals surface area contributed by atoms with Crippen molar-refractivity contribution in [2.45, 2.75) is 32.3 Å². The van der Waals surface area contributed by atoms with Crippen LogP contribution in [0.4, 0.5) is 5.82 Å². The maximum atomic E-state index is 10.2. The van der Waals surface area contributed by atoms with Gasteiger partial charge in [0.2, 0.25) is 0 Å². The summed E-state index contributed by atoms with van der Waals surface area (Å²) >= 11 is 0. The lowest BCUT2D eigenvalue weighted by molar-refractivity contribution is 0.283. The molecule has 0 bridgehead atoms. The van der Waals surface area contributed by atoms with Gasteiger partial charge in [-0.25, -0.2) is 9.97 Å². The van der Waals surface area contributed by atoms with Crippen molar-refractivity contribution in [2.24, 2.45) is 5.92 Å². The highest BCUT2D eigenvalue weighted by Crippen LogP contribution is 2.43. The zero-order valence-electron chi connectivity index (χ0n) is 17.4. The third-order valence-electron chi connectivity index (χ3n) is 7.06. The summed E-state index contributed by atoms with van der Waals surface area (Å²) in [5.41, 5.74) is 12.8. The normalized spacial score (nSPS) is 18.6. The Bertz CT molecular complexity index is 1470. The second kappa shape index (κ2) is 6.79. The van der Waals surface area contributed by atoms with Crippen molar-refractivity contribution in [3.8, 4) is 0 Å². The Hall–Kier alpha value is -3.44. The standard InChI is InChI=1S/C26H24N4O/c1-14-8-21-16(10-20(14)22-11-28-25-24(22)29-13-30-26(25)27)6-7-19-18-5-3-2-4-15(18)9-17(12-31)23(19)21/h2-7,9,11,13-14,20,28,31H,8,10,12H2,1H3,(H2,27,29,30). The molecule has 0 amide bonds. The van der Waals surface area contributed by atoms with Crippen LogP contribution in [0.25, 0.3) is 32.6 Å². The molecule has 0 saturated heterocycles. The van der Waals surface area contributed by atoms with E-state index < -0.39 is 0 Å². The van der Waals surface area contributed by atoms with Crippen LogP contribution in [0.5, 0.6) is 0 Å². The zero-order valence-corrected chi connectivity index (χ0v) is 17.4. The number of nitrogens with two attached hydrogens (primary N) is 1. The van der Waals surface area contributed by atoms with E-state index in [1.807, 2.05) is 0 Å². The molecule has 0 fully saturated rings. The molecule has 5 heteroatoms. The van der Waals surface area contributed by atoms with Gasteiger partial charge in [-0.05, 0) is 74.5 Å². The molecule has 2 unspecified atom stereocenters. The van der Waals surface area contributed by atoms with Crippen molar-refractivity contribution in [1.82, 2.24) is 15.0 Å². The van der Waals surface area contributed by atoms with Gasteiger partial charge in [-0.3, -0.25) is 0 Å². The number of aliphatic hydroxyl groups is 1. The Morgan fingerprint density at radius 2 is 1.97 bits per heavy atom. The van der Waals surface area contributed by atoms with Crippen LogP contribution in [-0.2, 0) is 19.4 Å². The molecule has 0 spiro atoms. The van der Waals surface area contributed by atoms with Crippen LogP contribution in [0.2, 0.25) is 0 Å². The number of aromatic amines is 1. The van der Waals surface area contributed by atoms with Gasteiger partial charge in [-0.15, -0.1) is 0 Å². The van der Waals surface area contributed by atoms with E-state index in [0.717, 1.165) is 29.4 Å². The van der Waals surface area contributed by atoms with Gasteiger partial charge in [-0.2, -0.15) is 0 Å². The first-order chi connectivity index (χ1) is 15.2. The topological polar surface area (TPSA) is 87.8 Å². The summed E-state index contributed by atoms with van der Waals surface area (Å²) in [4.78, 5) is 11.9. The molecule has 1 aliphatic rings. The largest absolute Gasteiger partial charge is 0.392 e. The molecule has 1 aliphatic carbocycles. The van der Waals surface area contributed by atoms with Gasteiger partial charge in [0.15, 0.2) is 5.82 Å². The minimum atomic E-state index is 0.0498. The summed E-state index contributed by atoms with van der Waals surface area (Å²) in [5, 5.41) is 15.1. The number of H-pyrrole nitrogens is 1. The second-order valence-electron chi connectivity index (χ2n) is 8.76. The van der Waals surface area contributed by atoms with E-state index in [-0.39, 0.29) is 6.61 Å². The Kier molecular flexibility index (Phi) is 4.02. The monoisotopic (exact) mass is 408 g/mol. The highest BCUT2D eigenvalue weighted by Gasteiger charge is 2.31. The number of aliphatic hydroxyl groups excluding tert-OH is 1. The summed E-state index contributed by atoms with van der Waals surface area (Å²) in [5.74, 6) is 1.28. The quantitative estimate of drug-likeness (QED) is 0.364. The summed E-state index contributed by atoms with van der Waals surface area (Å²) in [6.07, 6.45) is 5.51. The SMILES string of the molecule is CC1Cc2c(ccc3c2c(CO)cc2ccccc23)CC1c1c[nH]c2c(N)ncnc12. The molecule has 2 heterocycles. The van der Waals surface area contributed by atoms with Crippen molar-refractivity contribution in [1.29, 1.82) is 0 Å². The minimum absolute atomic E-state index is 0.0498. The molecule has 0 saturated carbocycles. The number of nitrogens with one attached hydrogen (secondary N) is 1. The van der Waals surface area contributed by atoms with Gasteiger partial charge in [0, 0.05) is 6.20 Å². The molecular weight excluding hydrogens is 384 g/mol. The third kappa shape index (κ3) is 2.66.